The lowest BCUT2D eigenvalue weighted by Crippen LogP contribution is -2.34. The Bertz CT molecular complexity index is 803. The van der Waals surface area contributed by atoms with Crippen LogP contribution in [0.1, 0.15) is 29.4 Å². The molecular weight excluding hydrogens is 328 g/mol. The number of rotatable bonds is 4. The molecule has 0 bridgehead atoms. The van der Waals surface area contributed by atoms with E-state index in [1.807, 2.05) is 11.8 Å². The third-order valence-electron chi connectivity index (χ3n) is 6.00. The number of nitrogens with zero attached hydrogens (tertiary/aromatic N) is 6. The molecule has 26 heavy (non-hydrogen) atoms. The van der Waals surface area contributed by atoms with Gasteiger partial charge in [-0.05, 0) is 48.4 Å². The van der Waals surface area contributed by atoms with E-state index in [4.69, 9.17) is 0 Å². The van der Waals surface area contributed by atoms with E-state index >= 15 is 0 Å². The van der Waals surface area contributed by atoms with Gasteiger partial charge in [0.05, 0.1) is 6.54 Å². The first-order valence-electron chi connectivity index (χ1n) is 9.31. The number of hydrogen-bond acceptors (Lipinski definition) is 5. The maximum Gasteiger partial charge on any atom is 0.224 e. The Labute approximate surface area is 154 Å². The van der Waals surface area contributed by atoms with Crippen LogP contribution in [0.15, 0.2) is 24.3 Å². The summed E-state index contributed by atoms with van der Waals surface area (Å²) in [5.41, 5.74) is 2.74. The molecule has 1 aromatic heterocycles. The lowest BCUT2D eigenvalue weighted by atomic mass is 9.88. The fourth-order valence-corrected chi connectivity index (χ4v) is 4.66. The Hall–Kier alpha value is -2.28. The number of fused-ring (bicyclic) bond motifs is 1. The van der Waals surface area contributed by atoms with Gasteiger partial charge in [-0.15, -0.1) is 5.10 Å². The second kappa shape index (κ2) is 6.79. The van der Waals surface area contributed by atoms with Crippen LogP contribution < -0.4 is 0 Å². The molecular formula is C19H26N6O. The van der Waals surface area contributed by atoms with Gasteiger partial charge in [0, 0.05) is 38.0 Å². The number of tetrazole rings is 1. The molecule has 138 valence electrons. The van der Waals surface area contributed by atoms with Crippen LogP contribution in [0.25, 0.3) is 0 Å². The average molecular weight is 354 g/mol. The van der Waals surface area contributed by atoms with Crippen LogP contribution in [0.2, 0.25) is 0 Å². The Balaban J connectivity index is 1.43. The second-order valence-electron chi connectivity index (χ2n) is 7.66. The van der Waals surface area contributed by atoms with Crippen molar-refractivity contribution in [3.8, 4) is 0 Å². The normalized spacial score (nSPS) is 25.7. The average Bonchev–Trinajstić information content (AvgIpc) is 3.28. The minimum absolute atomic E-state index is 0.209. The number of carbonyl (C=O) groups excluding carboxylic acids is 1. The van der Waals surface area contributed by atoms with Crippen molar-refractivity contribution in [1.29, 1.82) is 0 Å². The summed E-state index contributed by atoms with van der Waals surface area (Å²) in [6, 6.07) is 9.04. The zero-order valence-corrected chi connectivity index (χ0v) is 15.7. The first-order valence-corrected chi connectivity index (χ1v) is 9.31. The van der Waals surface area contributed by atoms with E-state index in [9.17, 15) is 4.79 Å². The van der Waals surface area contributed by atoms with Crippen LogP contribution in [-0.4, -0.2) is 62.6 Å². The Morgan fingerprint density at radius 3 is 2.73 bits per heavy atom. The first-order chi connectivity index (χ1) is 12.5. The van der Waals surface area contributed by atoms with E-state index < -0.39 is 0 Å². The van der Waals surface area contributed by atoms with E-state index in [1.165, 1.54) is 11.1 Å². The number of aryl methyl sites for hydroxylation is 3. The molecule has 1 aromatic carbocycles. The van der Waals surface area contributed by atoms with Gasteiger partial charge in [0.15, 0.2) is 0 Å². The second-order valence-corrected chi connectivity index (χ2v) is 7.66. The summed E-state index contributed by atoms with van der Waals surface area (Å²) in [4.78, 5) is 17.2. The molecule has 0 spiro atoms. The summed E-state index contributed by atoms with van der Waals surface area (Å²) in [6.45, 7) is 7.35. The highest BCUT2D eigenvalue weighted by molar-refractivity contribution is 5.76. The number of amides is 1. The van der Waals surface area contributed by atoms with Gasteiger partial charge in [-0.2, -0.15) is 0 Å². The minimum atomic E-state index is 0.209. The molecule has 0 saturated carbocycles. The lowest BCUT2D eigenvalue weighted by molar-refractivity contribution is -0.130. The SMILES string of the molecule is Cc1ccccc1[C@H]1[C@@H]2CN(C(=O)CCn3nnnc3C)C[C@@H]2CN1C. The number of hydrogen-bond donors (Lipinski definition) is 0. The molecule has 3 atom stereocenters. The molecule has 2 aromatic rings. The van der Waals surface area contributed by atoms with Crippen LogP contribution in [0.5, 0.6) is 0 Å². The van der Waals surface area contributed by atoms with Crippen molar-refractivity contribution >= 4 is 5.91 Å². The summed E-state index contributed by atoms with van der Waals surface area (Å²) < 4.78 is 1.69. The zero-order valence-electron chi connectivity index (χ0n) is 15.7. The van der Waals surface area contributed by atoms with E-state index in [-0.39, 0.29) is 5.91 Å². The zero-order chi connectivity index (χ0) is 18.3. The van der Waals surface area contributed by atoms with Gasteiger partial charge in [-0.1, -0.05) is 24.3 Å². The molecule has 2 fully saturated rings. The molecule has 2 saturated heterocycles. The van der Waals surface area contributed by atoms with Gasteiger partial charge in [0.1, 0.15) is 5.82 Å². The van der Waals surface area contributed by atoms with Crippen molar-refractivity contribution in [3.05, 3.63) is 41.2 Å². The molecule has 2 aliphatic heterocycles. The highest BCUT2D eigenvalue weighted by atomic mass is 16.2. The predicted molar refractivity (Wildman–Crippen MR) is 97.3 cm³/mol. The molecule has 0 N–H and O–H groups in total. The summed E-state index contributed by atoms with van der Waals surface area (Å²) in [6.07, 6.45) is 0.455. The molecule has 7 nitrogen and oxygen atoms in total. The quantitative estimate of drug-likeness (QED) is 0.831. The maximum absolute atomic E-state index is 12.7. The monoisotopic (exact) mass is 354 g/mol. The lowest BCUT2D eigenvalue weighted by Gasteiger charge is -2.28. The van der Waals surface area contributed by atoms with E-state index in [1.54, 1.807) is 4.68 Å². The predicted octanol–water partition coefficient (Wildman–Crippen LogP) is 1.44. The largest absolute Gasteiger partial charge is 0.342 e. The fourth-order valence-electron chi connectivity index (χ4n) is 4.66. The van der Waals surface area contributed by atoms with Crippen LogP contribution in [0.3, 0.4) is 0 Å². The van der Waals surface area contributed by atoms with Gasteiger partial charge >= 0.3 is 0 Å². The third-order valence-corrected chi connectivity index (χ3v) is 6.00. The van der Waals surface area contributed by atoms with E-state index in [0.717, 1.165) is 25.5 Å². The molecule has 2 aliphatic rings. The number of benzene rings is 1. The summed E-state index contributed by atoms with van der Waals surface area (Å²) >= 11 is 0. The highest BCUT2D eigenvalue weighted by Crippen LogP contribution is 2.44. The molecule has 0 unspecified atom stereocenters. The van der Waals surface area contributed by atoms with Crippen molar-refractivity contribution in [2.45, 2.75) is 32.9 Å². The third kappa shape index (κ3) is 3.00. The standard InChI is InChI=1S/C19H26N6O/c1-13-6-4-5-7-16(13)19-17-12-24(11-15(17)10-23(19)3)18(26)8-9-25-14(2)20-21-22-25/h4-7,15,17,19H,8-12H2,1-3H3/t15-,17+,19-/m0/s1. The van der Waals surface area contributed by atoms with Crippen LogP contribution in [0, 0.1) is 25.7 Å². The topological polar surface area (TPSA) is 67.2 Å². The van der Waals surface area contributed by atoms with E-state index in [0.29, 0.717) is 30.8 Å². The summed E-state index contributed by atoms with van der Waals surface area (Å²) in [7, 11) is 2.21. The summed E-state index contributed by atoms with van der Waals surface area (Å²) in [5, 5.41) is 11.4. The van der Waals surface area contributed by atoms with Gasteiger partial charge in [-0.25, -0.2) is 4.68 Å². The highest BCUT2D eigenvalue weighted by Gasteiger charge is 2.47. The smallest absolute Gasteiger partial charge is 0.224 e. The maximum atomic E-state index is 12.7. The first kappa shape index (κ1) is 17.1. The molecule has 4 rings (SSSR count). The molecule has 1 amide bonds. The molecule has 3 heterocycles. The Morgan fingerprint density at radius 1 is 1.19 bits per heavy atom. The Morgan fingerprint density at radius 2 is 2.00 bits per heavy atom. The van der Waals surface area contributed by atoms with Crippen molar-refractivity contribution in [3.63, 3.8) is 0 Å². The Kier molecular flexibility index (Phi) is 4.48. The minimum Gasteiger partial charge on any atom is -0.342 e. The molecule has 0 radical (unpaired) electrons. The number of aromatic nitrogens is 4. The van der Waals surface area contributed by atoms with Crippen molar-refractivity contribution < 1.29 is 4.79 Å². The fraction of sp³-hybridized carbons (Fsp3) is 0.579. The molecule has 7 heteroatoms. The van der Waals surface area contributed by atoms with Crippen molar-refractivity contribution in [2.75, 3.05) is 26.7 Å². The van der Waals surface area contributed by atoms with Gasteiger partial charge in [-0.3, -0.25) is 9.69 Å². The van der Waals surface area contributed by atoms with Gasteiger partial charge in [0.2, 0.25) is 5.91 Å². The number of likely N-dealkylation sites (tertiary alicyclic amines) is 2. The number of carbonyl (C=O) groups is 1. The van der Waals surface area contributed by atoms with E-state index in [2.05, 4.69) is 58.7 Å². The van der Waals surface area contributed by atoms with Crippen LogP contribution in [-0.2, 0) is 11.3 Å². The van der Waals surface area contributed by atoms with Crippen molar-refractivity contribution in [2.24, 2.45) is 11.8 Å². The summed E-state index contributed by atoms with van der Waals surface area (Å²) in [5.74, 6) is 2.03. The van der Waals surface area contributed by atoms with Crippen LogP contribution in [0.4, 0.5) is 0 Å². The van der Waals surface area contributed by atoms with Gasteiger partial charge in [0.25, 0.3) is 0 Å². The molecule has 0 aliphatic carbocycles. The van der Waals surface area contributed by atoms with Crippen molar-refractivity contribution in [1.82, 2.24) is 30.0 Å². The van der Waals surface area contributed by atoms with Gasteiger partial charge < -0.3 is 4.90 Å². The van der Waals surface area contributed by atoms with Crippen LogP contribution >= 0.6 is 0 Å².